The molecule has 2 heterocycles. The van der Waals surface area contributed by atoms with Gasteiger partial charge in [-0.3, -0.25) is 14.6 Å². The molecule has 2 aromatic rings. The summed E-state index contributed by atoms with van der Waals surface area (Å²) in [7, 11) is 0. The highest BCUT2D eigenvalue weighted by Crippen LogP contribution is 2.10. The van der Waals surface area contributed by atoms with Gasteiger partial charge in [0, 0.05) is 24.5 Å². The van der Waals surface area contributed by atoms with E-state index in [0.29, 0.717) is 13.1 Å². The van der Waals surface area contributed by atoms with Gasteiger partial charge in [0.1, 0.15) is 5.82 Å². The number of benzene rings is 1. The molecule has 3 rings (SSSR count). The van der Waals surface area contributed by atoms with E-state index in [0.717, 1.165) is 44.7 Å². The van der Waals surface area contributed by atoms with Gasteiger partial charge in [-0.1, -0.05) is 18.2 Å². The van der Waals surface area contributed by atoms with Crippen LogP contribution in [0.2, 0.25) is 0 Å². The van der Waals surface area contributed by atoms with E-state index in [-0.39, 0.29) is 11.7 Å². The van der Waals surface area contributed by atoms with Gasteiger partial charge in [0.25, 0.3) is 0 Å². The van der Waals surface area contributed by atoms with E-state index < -0.39 is 0 Å². The SMILES string of the molecule is O=C(CN1CCCN(Cc2ccc(F)cc2)CC1)NCc1cccs1. The first-order chi connectivity index (χ1) is 12.2. The summed E-state index contributed by atoms with van der Waals surface area (Å²) in [6.07, 6.45) is 1.04. The zero-order valence-electron chi connectivity index (χ0n) is 14.3. The molecule has 1 fully saturated rings. The number of carbonyl (C=O) groups is 1. The maximum atomic E-state index is 13.0. The number of halogens is 1. The molecule has 6 heteroatoms. The second-order valence-corrected chi connectivity index (χ2v) is 7.42. The minimum Gasteiger partial charge on any atom is -0.350 e. The van der Waals surface area contributed by atoms with Crippen LogP contribution in [0, 0.1) is 5.82 Å². The molecule has 0 saturated carbocycles. The number of nitrogens with zero attached hydrogens (tertiary/aromatic N) is 2. The third kappa shape index (κ3) is 5.92. The topological polar surface area (TPSA) is 35.6 Å². The summed E-state index contributed by atoms with van der Waals surface area (Å²) < 4.78 is 13.0. The summed E-state index contributed by atoms with van der Waals surface area (Å²) in [6.45, 7) is 5.65. The summed E-state index contributed by atoms with van der Waals surface area (Å²) in [5.74, 6) is -0.111. The fourth-order valence-electron chi connectivity index (χ4n) is 3.05. The fourth-order valence-corrected chi connectivity index (χ4v) is 3.69. The van der Waals surface area contributed by atoms with E-state index in [1.807, 2.05) is 29.6 Å². The zero-order chi connectivity index (χ0) is 17.5. The molecule has 0 unspecified atom stereocenters. The summed E-state index contributed by atoms with van der Waals surface area (Å²) in [5, 5.41) is 5.01. The average Bonchev–Trinajstić information content (AvgIpc) is 3.04. The third-order valence-corrected chi connectivity index (χ3v) is 5.28. The van der Waals surface area contributed by atoms with Crippen molar-refractivity contribution in [2.75, 3.05) is 32.7 Å². The molecule has 1 aromatic carbocycles. The average molecular weight is 361 g/mol. The first-order valence-corrected chi connectivity index (χ1v) is 9.55. The van der Waals surface area contributed by atoms with Gasteiger partial charge in [-0.25, -0.2) is 4.39 Å². The molecule has 0 radical (unpaired) electrons. The Labute approximate surface area is 152 Å². The van der Waals surface area contributed by atoms with Crippen LogP contribution in [0.25, 0.3) is 0 Å². The minimum atomic E-state index is -0.195. The van der Waals surface area contributed by atoms with E-state index in [9.17, 15) is 9.18 Å². The number of thiophene rings is 1. The minimum absolute atomic E-state index is 0.0837. The Kier molecular flexibility index (Phi) is 6.55. The molecule has 1 N–H and O–H groups in total. The number of rotatable bonds is 6. The Morgan fingerprint density at radius 3 is 2.60 bits per heavy atom. The maximum absolute atomic E-state index is 13.0. The zero-order valence-corrected chi connectivity index (χ0v) is 15.1. The van der Waals surface area contributed by atoms with E-state index in [2.05, 4.69) is 15.1 Å². The molecule has 1 aromatic heterocycles. The van der Waals surface area contributed by atoms with Crippen LogP contribution < -0.4 is 5.32 Å². The van der Waals surface area contributed by atoms with Crippen molar-refractivity contribution >= 4 is 17.2 Å². The molecule has 1 aliphatic rings. The van der Waals surface area contributed by atoms with Crippen LogP contribution in [-0.2, 0) is 17.9 Å². The molecule has 1 saturated heterocycles. The number of hydrogen-bond donors (Lipinski definition) is 1. The molecular weight excluding hydrogens is 337 g/mol. The molecule has 1 amide bonds. The molecule has 25 heavy (non-hydrogen) atoms. The summed E-state index contributed by atoms with van der Waals surface area (Å²) >= 11 is 1.66. The Morgan fingerprint density at radius 1 is 1.08 bits per heavy atom. The van der Waals surface area contributed by atoms with Crippen LogP contribution >= 0.6 is 11.3 Å². The van der Waals surface area contributed by atoms with E-state index in [1.54, 1.807) is 11.3 Å². The van der Waals surface area contributed by atoms with Crippen LogP contribution in [0.3, 0.4) is 0 Å². The van der Waals surface area contributed by atoms with Gasteiger partial charge in [0.15, 0.2) is 0 Å². The van der Waals surface area contributed by atoms with Crippen molar-refractivity contribution in [3.05, 3.63) is 58.0 Å². The lowest BCUT2D eigenvalue weighted by molar-refractivity contribution is -0.122. The highest BCUT2D eigenvalue weighted by atomic mass is 32.1. The quantitative estimate of drug-likeness (QED) is 0.859. The highest BCUT2D eigenvalue weighted by Gasteiger charge is 2.17. The number of nitrogens with one attached hydrogen (secondary N) is 1. The van der Waals surface area contributed by atoms with Gasteiger partial charge in [-0.05, 0) is 48.7 Å². The largest absolute Gasteiger partial charge is 0.350 e. The van der Waals surface area contributed by atoms with E-state index in [4.69, 9.17) is 0 Å². The van der Waals surface area contributed by atoms with Crippen LogP contribution in [0.1, 0.15) is 16.9 Å². The van der Waals surface area contributed by atoms with Crippen molar-refractivity contribution in [3.8, 4) is 0 Å². The smallest absolute Gasteiger partial charge is 0.234 e. The number of amides is 1. The normalized spacial score (nSPS) is 16.5. The Hall–Kier alpha value is -1.76. The molecule has 134 valence electrons. The van der Waals surface area contributed by atoms with Crippen molar-refractivity contribution in [2.45, 2.75) is 19.5 Å². The lowest BCUT2D eigenvalue weighted by Crippen LogP contribution is -2.38. The van der Waals surface area contributed by atoms with Crippen molar-refractivity contribution in [3.63, 3.8) is 0 Å². The van der Waals surface area contributed by atoms with Gasteiger partial charge >= 0.3 is 0 Å². The van der Waals surface area contributed by atoms with Crippen LogP contribution in [-0.4, -0.2) is 48.4 Å². The summed E-state index contributed by atoms with van der Waals surface area (Å²) in [6, 6.07) is 10.7. The number of carbonyl (C=O) groups excluding carboxylic acids is 1. The van der Waals surface area contributed by atoms with Gasteiger partial charge in [0.2, 0.25) is 5.91 Å². The second-order valence-electron chi connectivity index (χ2n) is 6.39. The van der Waals surface area contributed by atoms with Crippen molar-refractivity contribution in [1.29, 1.82) is 0 Å². The van der Waals surface area contributed by atoms with Gasteiger partial charge in [0.05, 0.1) is 13.1 Å². The second kappa shape index (κ2) is 9.08. The monoisotopic (exact) mass is 361 g/mol. The lowest BCUT2D eigenvalue weighted by atomic mass is 10.2. The van der Waals surface area contributed by atoms with Crippen molar-refractivity contribution in [1.82, 2.24) is 15.1 Å². The van der Waals surface area contributed by atoms with Gasteiger partial charge < -0.3 is 5.32 Å². The summed E-state index contributed by atoms with van der Waals surface area (Å²) in [5.41, 5.74) is 1.13. The van der Waals surface area contributed by atoms with Crippen LogP contribution in [0.4, 0.5) is 4.39 Å². The van der Waals surface area contributed by atoms with E-state index in [1.165, 1.54) is 17.0 Å². The van der Waals surface area contributed by atoms with Gasteiger partial charge in [-0.15, -0.1) is 11.3 Å². The molecule has 0 spiro atoms. The molecule has 0 bridgehead atoms. The third-order valence-electron chi connectivity index (χ3n) is 4.41. The van der Waals surface area contributed by atoms with E-state index >= 15 is 0 Å². The van der Waals surface area contributed by atoms with Crippen molar-refractivity contribution in [2.24, 2.45) is 0 Å². The van der Waals surface area contributed by atoms with Crippen LogP contribution in [0.5, 0.6) is 0 Å². The molecule has 4 nitrogen and oxygen atoms in total. The first-order valence-electron chi connectivity index (χ1n) is 8.67. The lowest BCUT2D eigenvalue weighted by Gasteiger charge is -2.21. The predicted molar refractivity (Wildman–Crippen MR) is 98.9 cm³/mol. The molecular formula is C19H24FN3OS. The first kappa shape index (κ1) is 18.0. The predicted octanol–water partition coefficient (Wildman–Crippen LogP) is 2.71. The van der Waals surface area contributed by atoms with Gasteiger partial charge in [-0.2, -0.15) is 0 Å². The van der Waals surface area contributed by atoms with Crippen LogP contribution in [0.15, 0.2) is 41.8 Å². The molecule has 0 aliphatic carbocycles. The maximum Gasteiger partial charge on any atom is 0.234 e. The highest BCUT2D eigenvalue weighted by molar-refractivity contribution is 7.09. The molecule has 1 aliphatic heterocycles. The Bertz CT molecular complexity index is 660. The standard InChI is InChI=1S/C19H24FN3OS/c20-17-6-4-16(5-7-17)14-22-8-2-9-23(11-10-22)15-19(24)21-13-18-3-1-12-25-18/h1,3-7,12H,2,8-11,13-15H2,(H,21,24). The Balaban J connectivity index is 1.41. The number of hydrogen-bond acceptors (Lipinski definition) is 4. The van der Waals surface area contributed by atoms with Crippen molar-refractivity contribution < 1.29 is 9.18 Å². The summed E-state index contributed by atoms with van der Waals surface area (Å²) in [4.78, 5) is 17.9. The Morgan fingerprint density at radius 2 is 1.84 bits per heavy atom. The molecule has 0 atom stereocenters. The fraction of sp³-hybridized carbons (Fsp3) is 0.421.